The highest BCUT2D eigenvalue weighted by molar-refractivity contribution is 7.82. The summed E-state index contributed by atoms with van der Waals surface area (Å²) < 4.78 is 23.6. The second-order valence-corrected chi connectivity index (χ2v) is 13.3. The molecule has 41 heavy (non-hydrogen) atoms. The number of aliphatic hydroxyl groups excluding tert-OH is 1. The Hall–Kier alpha value is -2.43. The van der Waals surface area contributed by atoms with Crippen LogP contribution in [0.5, 0.6) is 5.75 Å². The minimum absolute atomic E-state index is 0.155. The number of amides is 1. The van der Waals surface area contributed by atoms with Gasteiger partial charge in [-0.25, -0.2) is 4.21 Å². The van der Waals surface area contributed by atoms with Crippen LogP contribution < -0.4 is 20.5 Å². The molecule has 8 nitrogen and oxygen atoms in total. The van der Waals surface area contributed by atoms with E-state index in [4.69, 9.17) is 31.9 Å². The van der Waals surface area contributed by atoms with Gasteiger partial charge in [-0.2, -0.15) is 0 Å². The van der Waals surface area contributed by atoms with Crippen molar-refractivity contribution < 1.29 is 23.6 Å². The Morgan fingerprint density at radius 1 is 1.29 bits per heavy atom. The SMILES string of the molecule is CO[C@@H](/C=C/[C@H](O)CC[S@@](N)=O)[C@@H]1CC[C@H]1CN1C[C@@]2(CCCc3cc(Cl)ccc32)COc2ccc(C(N)=O)cc21. The van der Waals surface area contributed by atoms with E-state index in [1.807, 2.05) is 24.3 Å². The Morgan fingerprint density at radius 2 is 2.12 bits per heavy atom. The first-order valence-electron chi connectivity index (χ1n) is 14.3. The van der Waals surface area contributed by atoms with E-state index in [-0.39, 0.29) is 23.2 Å². The summed E-state index contributed by atoms with van der Waals surface area (Å²) in [6.07, 6.45) is 8.22. The van der Waals surface area contributed by atoms with Crippen molar-refractivity contribution in [1.29, 1.82) is 0 Å². The molecule has 2 aliphatic carbocycles. The van der Waals surface area contributed by atoms with Crippen molar-refractivity contribution in [3.8, 4) is 5.75 Å². The van der Waals surface area contributed by atoms with Gasteiger partial charge in [-0.05, 0) is 91.8 Å². The first kappa shape index (κ1) is 30.0. The van der Waals surface area contributed by atoms with Crippen molar-refractivity contribution in [2.75, 3.05) is 37.5 Å². The molecule has 222 valence electrons. The van der Waals surface area contributed by atoms with Gasteiger partial charge in [-0.1, -0.05) is 29.8 Å². The van der Waals surface area contributed by atoms with Crippen LogP contribution in [0.4, 0.5) is 5.69 Å². The highest BCUT2D eigenvalue weighted by atomic mass is 35.5. The van der Waals surface area contributed by atoms with Crippen LogP contribution in [0.2, 0.25) is 5.02 Å². The summed E-state index contributed by atoms with van der Waals surface area (Å²) in [7, 11) is 0.261. The molecule has 0 unspecified atom stereocenters. The van der Waals surface area contributed by atoms with E-state index in [1.165, 1.54) is 11.1 Å². The van der Waals surface area contributed by atoms with Gasteiger partial charge in [-0.15, -0.1) is 0 Å². The molecule has 3 aliphatic rings. The zero-order valence-corrected chi connectivity index (χ0v) is 25.0. The van der Waals surface area contributed by atoms with Crippen molar-refractivity contribution in [3.05, 3.63) is 70.3 Å². The first-order chi connectivity index (χ1) is 19.7. The summed E-state index contributed by atoms with van der Waals surface area (Å²) >= 11 is 6.38. The van der Waals surface area contributed by atoms with Crippen LogP contribution in [-0.4, -0.2) is 60.0 Å². The van der Waals surface area contributed by atoms with Gasteiger partial charge in [0.05, 0.1) is 35.5 Å². The van der Waals surface area contributed by atoms with Gasteiger partial charge in [0.1, 0.15) is 5.75 Å². The minimum Gasteiger partial charge on any atom is -0.490 e. The molecule has 10 heteroatoms. The summed E-state index contributed by atoms with van der Waals surface area (Å²) in [4.78, 5) is 14.5. The number of carbonyl (C=O) groups is 1. The number of aliphatic hydroxyl groups is 1. The Bertz CT molecular complexity index is 1320. The largest absolute Gasteiger partial charge is 0.490 e. The number of halogens is 1. The third-order valence-corrected chi connectivity index (χ3v) is 9.96. The van der Waals surface area contributed by atoms with E-state index < -0.39 is 23.0 Å². The molecule has 5 rings (SSSR count). The number of nitrogens with zero attached hydrogens (tertiary/aromatic N) is 1. The lowest BCUT2D eigenvalue weighted by molar-refractivity contribution is 0.0126. The van der Waals surface area contributed by atoms with Crippen molar-refractivity contribution >= 4 is 34.2 Å². The number of aryl methyl sites for hydroxylation is 1. The molecule has 0 aromatic heterocycles. The smallest absolute Gasteiger partial charge is 0.248 e. The summed E-state index contributed by atoms with van der Waals surface area (Å²) in [5.41, 5.74) is 9.38. The Labute approximate surface area is 249 Å². The summed E-state index contributed by atoms with van der Waals surface area (Å²) in [6.45, 7) is 2.07. The first-order valence-corrected chi connectivity index (χ1v) is 16.1. The number of carbonyl (C=O) groups excluding carboxylic acids is 1. The fourth-order valence-corrected chi connectivity index (χ4v) is 7.44. The number of methoxy groups -OCH3 is 1. The third-order valence-electron chi connectivity index (χ3n) is 9.08. The molecule has 1 fully saturated rings. The Kier molecular flexibility index (Phi) is 9.40. The average Bonchev–Trinajstić information content (AvgIpc) is 3.08. The third kappa shape index (κ3) is 6.65. The van der Waals surface area contributed by atoms with Gasteiger partial charge in [0.2, 0.25) is 5.91 Å². The van der Waals surface area contributed by atoms with Crippen LogP contribution in [0.25, 0.3) is 0 Å². The molecule has 5 N–H and O–H groups in total. The van der Waals surface area contributed by atoms with Crippen LogP contribution in [-0.2, 0) is 27.6 Å². The van der Waals surface area contributed by atoms with Gasteiger partial charge in [-0.3, -0.25) is 9.93 Å². The van der Waals surface area contributed by atoms with E-state index in [1.54, 1.807) is 19.3 Å². The van der Waals surface area contributed by atoms with Crippen LogP contribution in [0, 0.1) is 11.8 Å². The second kappa shape index (κ2) is 12.8. The molecule has 1 heterocycles. The van der Waals surface area contributed by atoms with Crippen LogP contribution in [0.15, 0.2) is 48.6 Å². The van der Waals surface area contributed by atoms with E-state index in [9.17, 15) is 14.1 Å². The number of benzene rings is 2. The fraction of sp³-hybridized carbons (Fsp3) is 0.516. The molecule has 1 spiro atoms. The maximum Gasteiger partial charge on any atom is 0.248 e. The number of nitrogens with two attached hydrogens (primary N) is 2. The maximum atomic E-state index is 12.1. The maximum absolute atomic E-state index is 12.1. The average molecular weight is 602 g/mol. The number of ether oxygens (including phenoxy) is 2. The molecule has 6 atom stereocenters. The minimum atomic E-state index is -1.43. The van der Waals surface area contributed by atoms with Crippen molar-refractivity contribution in [2.24, 2.45) is 22.7 Å². The van der Waals surface area contributed by atoms with Gasteiger partial charge >= 0.3 is 0 Å². The molecule has 2 aromatic rings. The van der Waals surface area contributed by atoms with Gasteiger partial charge in [0.25, 0.3) is 0 Å². The monoisotopic (exact) mass is 601 g/mol. The lowest BCUT2D eigenvalue weighted by atomic mass is 9.68. The standard InChI is InChI=1S/C31H40ClN3O5S/c1-39-28(11-7-24(36)12-14-41(34)38)25-8-4-22(25)17-35-18-31(13-2-3-20-15-23(32)6-9-26(20)31)19-40-29-10-5-21(30(33)37)16-27(29)35/h5-7,9-11,15-16,22,24-25,28,36H,2-4,8,12-14,17-19,34H2,1H3,(H2,33,37)/b11-7+/t22-,24-,25+,28-,31-,41-/m0/s1. The van der Waals surface area contributed by atoms with E-state index >= 15 is 0 Å². The van der Waals surface area contributed by atoms with Crippen molar-refractivity contribution in [1.82, 2.24) is 0 Å². The van der Waals surface area contributed by atoms with E-state index in [0.717, 1.165) is 61.7 Å². The molecular formula is C31H40ClN3O5S. The molecular weight excluding hydrogens is 562 g/mol. The quantitative estimate of drug-likeness (QED) is 0.355. The summed E-state index contributed by atoms with van der Waals surface area (Å²) in [6, 6.07) is 11.7. The predicted molar refractivity (Wildman–Crippen MR) is 163 cm³/mol. The molecule has 1 amide bonds. The van der Waals surface area contributed by atoms with E-state index in [2.05, 4.69) is 17.0 Å². The second-order valence-electron chi connectivity index (χ2n) is 11.7. The topological polar surface area (TPSA) is 128 Å². The number of anilines is 1. The number of hydrogen-bond donors (Lipinski definition) is 3. The Balaban J connectivity index is 1.42. The number of primary amides is 1. The number of rotatable bonds is 10. The molecule has 1 aliphatic heterocycles. The predicted octanol–water partition coefficient (Wildman–Crippen LogP) is 3.88. The van der Waals surface area contributed by atoms with Crippen LogP contribution in [0.1, 0.15) is 53.6 Å². The zero-order chi connectivity index (χ0) is 29.1. The van der Waals surface area contributed by atoms with Gasteiger partial charge in [0.15, 0.2) is 0 Å². The molecule has 0 radical (unpaired) electrons. The van der Waals surface area contributed by atoms with Crippen molar-refractivity contribution in [2.45, 2.75) is 56.1 Å². The number of hydrogen-bond acceptors (Lipinski definition) is 6. The van der Waals surface area contributed by atoms with Crippen LogP contribution in [0.3, 0.4) is 0 Å². The fourth-order valence-electron chi connectivity index (χ4n) is 6.77. The molecule has 2 aromatic carbocycles. The Morgan fingerprint density at radius 3 is 2.83 bits per heavy atom. The van der Waals surface area contributed by atoms with Gasteiger partial charge in [0, 0.05) is 42.0 Å². The zero-order valence-electron chi connectivity index (χ0n) is 23.5. The molecule has 0 saturated heterocycles. The van der Waals surface area contributed by atoms with Crippen LogP contribution >= 0.6 is 11.6 Å². The lowest BCUT2D eigenvalue weighted by Crippen LogP contribution is -2.49. The number of fused-ring (bicyclic) bond motifs is 3. The summed E-state index contributed by atoms with van der Waals surface area (Å²) in [5, 5.41) is 16.4. The lowest BCUT2D eigenvalue weighted by Gasteiger charge is -2.46. The molecule has 1 saturated carbocycles. The molecule has 0 bridgehead atoms. The van der Waals surface area contributed by atoms with Crippen molar-refractivity contribution in [3.63, 3.8) is 0 Å². The normalized spacial score (nSPS) is 25.9. The highest BCUT2D eigenvalue weighted by Gasteiger charge is 2.44. The van der Waals surface area contributed by atoms with E-state index in [0.29, 0.717) is 24.5 Å². The van der Waals surface area contributed by atoms with Gasteiger partial charge < -0.3 is 25.2 Å². The highest BCUT2D eigenvalue weighted by Crippen LogP contribution is 2.46. The summed E-state index contributed by atoms with van der Waals surface area (Å²) in [5.74, 6) is 1.15.